The average Bonchev–Trinajstić information content (AvgIpc) is 2.80. The highest BCUT2D eigenvalue weighted by molar-refractivity contribution is 6.34. The van der Waals surface area contributed by atoms with Crippen LogP contribution in [0.2, 0.25) is 5.02 Å². The van der Waals surface area contributed by atoms with Crippen molar-refractivity contribution in [2.75, 3.05) is 23.8 Å². The van der Waals surface area contributed by atoms with Crippen LogP contribution in [0.4, 0.5) is 16.2 Å². The Labute approximate surface area is 194 Å². The van der Waals surface area contributed by atoms with E-state index in [1.54, 1.807) is 30.3 Å². The normalized spacial score (nSPS) is 20.2. The fourth-order valence-electron chi connectivity index (χ4n) is 4.93. The maximum absolute atomic E-state index is 13.3. The molecular formula is C25H30ClN3O3. The first-order chi connectivity index (χ1) is 15.6. The molecule has 2 aliphatic rings. The van der Waals surface area contributed by atoms with Crippen molar-refractivity contribution >= 4 is 34.9 Å². The minimum Gasteiger partial charge on any atom is -0.492 e. The summed E-state index contributed by atoms with van der Waals surface area (Å²) in [5.41, 5.74) is 1.59. The van der Waals surface area contributed by atoms with Crippen molar-refractivity contribution in [3.8, 4) is 5.75 Å². The molecule has 0 aromatic heterocycles. The Morgan fingerprint density at radius 3 is 2.66 bits per heavy atom. The number of benzene rings is 2. The van der Waals surface area contributed by atoms with Gasteiger partial charge in [0.25, 0.3) is 5.91 Å². The molecule has 2 aromatic rings. The zero-order chi connectivity index (χ0) is 22.5. The van der Waals surface area contributed by atoms with Gasteiger partial charge in [0.05, 0.1) is 22.9 Å². The SMILES string of the molecule is CCOc1ccccc1NC(=O)Nc1ccc(C(=O)N2CCC[C@H]3CCCC[C@H]32)c(Cl)c1. The number of nitrogens with zero attached hydrogens (tertiary/aromatic N) is 1. The number of anilines is 2. The fraction of sp³-hybridized carbons (Fsp3) is 0.440. The number of likely N-dealkylation sites (tertiary alicyclic amines) is 1. The summed E-state index contributed by atoms with van der Waals surface area (Å²) in [5.74, 6) is 1.21. The van der Waals surface area contributed by atoms with Crippen LogP contribution in [0.1, 0.15) is 55.8 Å². The average molecular weight is 456 g/mol. The summed E-state index contributed by atoms with van der Waals surface area (Å²) in [7, 11) is 0. The van der Waals surface area contributed by atoms with Crippen molar-refractivity contribution in [1.82, 2.24) is 4.90 Å². The minimum atomic E-state index is -0.409. The largest absolute Gasteiger partial charge is 0.492 e. The van der Waals surface area contributed by atoms with Crippen molar-refractivity contribution in [2.45, 2.75) is 51.5 Å². The Bertz CT molecular complexity index is 979. The van der Waals surface area contributed by atoms with Crippen LogP contribution >= 0.6 is 11.6 Å². The Morgan fingerprint density at radius 1 is 1.06 bits per heavy atom. The third-order valence-electron chi connectivity index (χ3n) is 6.40. The van der Waals surface area contributed by atoms with Crippen molar-refractivity contribution in [1.29, 1.82) is 0 Å². The monoisotopic (exact) mass is 455 g/mol. The third kappa shape index (κ3) is 5.01. The number of carbonyl (C=O) groups excluding carboxylic acids is 2. The second-order valence-electron chi connectivity index (χ2n) is 8.46. The van der Waals surface area contributed by atoms with Gasteiger partial charge in [0.1, 0.15) is 5.75 Å². The highest BCUT2D eigenvalue weighted by Gasteiger charge is 2.36. The molecule has 0 radical (unpaired) electrons. The lowest BCUT2D eigenvalue weighted by Gasteiger charge is -2.44. The second-order valence-corrected chi connectivity index (χ2v) is 8.86. The zero-order valence-corrected chi connectivity index (χ0v) is 19.2. The standard InChI is InChI=1S/C25H30ClN3O3/c1-2-32-23-12-6-4-10-21(23)28-25(31)27-18-13-14-19(20(26)16-18)24(30)29-15-7-9-17-8-3-5-11-22(17)29/h4,6,10,12-14,16-17,22H,2-3,5,7-9,11,15H2,1H3,(H2,27,28,31)/t17-,22-/m1/s1. The maximum atomic E-state index is 13.3. The van der Waals surface area contributed by atoms with E-state index in [-0.39, 0.29) is 5.91 Å². The van der Waals surface area contributed by atoms with E-state index >= 15 is 0 Å². The lowest BCUT2D eigenvalue weighted by molar-refractivity contribution is 0.0391. The molecule has 1 saturated carbocycles. The van der Waals surface area contributed by atoms with Crippen LogP contribution in [0.3, 0.4) is 0 Å². The van der Waals surface area contributed by atoms with E-state index < -0.39 is 6.03 Å². The summed E-state index contributed by atoms with van der Waals surface area (Å²) in [4.78, 5) is 27.8. The molecule has 2 atom stereocenters. The van der Waals surface area contributed by atoms with Gasteiger partial charge >= 0.3 is 6.03 Å². The Kier molecular flexibility index (Phi) is 7.20. The summed E-state index contributed by atoms with van der Waals surface area (Å²) in [6.45, 7) is 3.18. The number of halogens is 1. The molecule has 3 amide bonds. The van der Waals surface area contributed by atoms with Crippen LogP contribution in [0.15, 0.2) is 42.5 Å². The van der Waals surface area contributed by atoms with Gasteiger partial charge in [-0.15, -0.1) is 0 Å². The summed E-state index contributed by atoms with van der Waals surface area (Å²) in [6, 6.07) is 12.2. The molecule has 0 bridgehead atoms. The highest BCUT2D eigenvalue weighted by Crippen LogP contribution is 2.36. The van der Waals surface area contributed by atoms with Crippen molar-refractivity contribution in [3.05, 3.63) is 53.1 Å². The van der Waals surface area contributed by atoms with Gasteiger partial charge in [-0.25, -0.2) is 4.79 Å². The molecule has 32 heavy (non-hydrogen) atoms. The molecule has 4 rings (SSSR count). The summed E-state index contributed by atoms with van der Waals surface area (Å²) < 4.78 is 5.54. The Hall–Kier alpha value is -2.73. The lowest BCUT2D eigenvalue weighted by atomic mass is 9.78. The van der Waals surface area contributed by atoms with Crippen molar-refractivity contribution in [3.63, 3.8) is 0 Å². The first-order valence-corrected chi connectivity index (χ1v) is 11.8. The van der Waals surface area contributed by atoms with E-state index in [9.17, 15) is 9.59 Å². The van der Waals surface area contributed by atoms with Gasteiger partial charge in [-0.05, 0) is 68.9 Å². The smallest absolute Gasteiger partial charge is 0.323 e. The number of carbonyl (C=O) groups is 2. The fourth-order valence-corrected chi connectivity index (χ4v) is 5.20. The molecule has 0 spiro atoms. The first-order valence-electron chi connectivity index (χ1n) is 11.5. The summed E-state index contributed by atoms with van der Waals surface area (Å²) in [5, 5.41) is 5.91. The molecule has 1 heterocycles. The van der Waals surface area contributed by atoms with Gasteiger partial charge < -0.3 is 20.3 Å². The number of para-hydroxylation sites is 2. The van der Waals surface area contributed by atoms with Gasteiger partial charge in [-0.3, -0.25) is 4.79 Å². The van der Waals surface area contributed by atoms with Crippen LogP contribution in [-0.4, -0.2) is 36.0 Å². The topological polar surface area (TPSA) is 70.7 Å². The van der Waals surface area contributed by atoms with Gasteiger partial charge in [0.2, 0.25) is 0 Å². The number of fused-ring (bicyclic) bond motifs is 1. The van der Waals surface area contributed by atoms with E-state index in [4.69, 9.17) is 16.3 Å². The number of ether oxygens (including phenoxy) is 1. The molecule has 1 aliphatic heterocycles. The maximum Gasteiger partial charge on any atom is 0.323 e. The van der Waals surface area contributed by atoms with E-state index in [0.29, 0.717) is 46.3 Å². The van der Waals surface area contributed by atoms with E-state index in [1.807, 2.05) is 24.0 Å². The highest BCUT2D eigenvalue weighted by atomic mass is 35.5. The Balaban J connectivity index is 1.43. The number of hydrogen-bond donors (Lipinski definition) is 2. The number of urea groups is 1. The first kappa shape index (κ1) is 22.5. The molecule has 2 fully saturated rings. The molecule has 1 aliphatic carbocycles. The molecule has 1 saturated heterocycles. The second kappa shape index (κ2) is 10.3. The third-order valence-corrected chi connectivity index (χ3v) is 6.71. The number of nitrogens with one attached hydrogen (secondary N) is 2. The Morgan fingerprint density at radius 2 is 1.84 bits per heavy atom. The molecular weight excluding hydrogens is 426 g/mol. The number of rotatable bonds is 5. The van der Waals surface area contributed by atoms with Gasteiger partial charge in [-0.1, -0.05) is 36.6 Å². The minimum absolute atomic E-state index is 0.00626. The van der Waals surface area contributed by atoms with Gasteiger partial charge in [-0.2, -0.15) is 0 Å². The number of amides is 3. The molecule has 2 aromatic carbocycles. The number of hydrogen-bond acceptors (Lipinski definition) is 3. The summed E-state index contributed by atoms with van der Waals surface area (Å²) >= 11 is 6.49. The zero-order valence-electron chi connectivity index (χ0n) is 18.4. The summed E-state index contributed by atoms with van der Waals surface area (Å²) in [6.07, 6.45) is 7.01. The molecule has 0 unspecified atom stereocenters. The van der Waals surface area contributed by atoms with Crippen LogP contribution in [0.5, 0.6) is 5.75 Å². The van der Waals surface area contributed by atoms with E-state index in [1.165, 1.54) is 25.7 Å². The van der Waals surface area contributed by atoms with Crippen LogP contribution in [0, 0.1) is 5.92 Å². The van der Waals surface area contributed by atoms with Crippen molar-refractivity contribution < 1.29 is 14.3 Å². The van der Waals surface area contributed by atoms with Crippen molar-refractivity contribution in [2.24, 2.45) is 5.92 Å². The predicted molar refractivity (Wildman–Crippen MR) is 128 cm³/mol. The molecule has 7 heteroatoms. The van der Waals surface area contributed by atoms with E-state index in [2.05, 4.69) is 10.6 Å². The molecule has 170 valence electrons. The van der Waals surface area contributed by atoms with Gasteiger partial charge in [0, 0.05) is 18.3 Å². The van der Waals surface area contributed by atoms with Crippen LogP contribution in [-0.2, 0) is 0 Å². The molecule has 2 N–H and O–H groups in total. The van der Waals surface area contributed by atoms with E-state index in [0.717, 1.165) is 19.4 Å². The van der Waals surface area contributed by atoms with Crippen LogP contribution < -0.4 is 15.4 Å². The van der Waals surface area contributed by atoms with Crippen LogP contribution in [0.25, 0.3) is 0 Å². The molecule has 6 nitrogen and oxygen atoms in total. The number of piperidine rings is 1. The predicted octanol–water partition coefficient (Wildman–Crippen LogP) is 6.18. The lowest BCUT2D eigenvalue weighted by Crippen LogP contribution is -2.49. The quantitative estimate of drug-likeness (QED) is 0.565. The van der Waals surface area contributed by atoms with Gasteiger partial charge in [0.15, 0.2) is 0 Å².